The molecule has 1 aromatic rings. The SMILES string of the molecule is CCCN1CCC(Nc2cc(C(=O)O)ccc2N)CC1. The third-order valence-corrected chi connectivity index (χ3v) is 3.79. The van der Waals surface area contributed by atoms with E-state index in [1.165, 1.54) is 12.5 Å². The number of piperidine rings is 1. The minimum atomic E-state index is -0.925. The molecule has 0 saturated carbocycles. The third-order valence-electron chi connectivity index (χ3n) is 3.79. The summed E-state index contributed by atoms with van der Waals surface area (Å²) in [5.41, 5.74) is 7.52. The quantitative estimate of drug-likeness (QED) is 0.719. The van der Waals surface area contributed by atoms with Crippen LogP contribution in [0.5, 0.6) is 0 Å². The Labute approximate surface area is 119 Å². The average molecular weight is 277 g/mol. The maximum atomic E-state index is 11.0. The van der Waals surface area contributed by atoms with Crippen molar-refractivity contribution in [1.82, 2.24) is 4.90 Å². The summed E-state index contributed by atoms with van der Waals surface area (Å²) < 4.78 is 0. The zero-order valence-corrected chi connectivity index (χ0v) is 11.9. The Hall–Kier alpha value is -1.75. The van der Waals surface area contributed by atoms with Crippen LogP contribution in [0.2, 0.25) is 0 Å². The molecule has 110 valence electrons. The van der Waals surface area contributed by atoms with Gasteiger partial charge in [-0.25, -0.2) is 4.79 Å². The van der Waals surface area contributed by atoms with E-state index in [0.29, 0.717) is 11.7 Å². The number of hydrogen-bond acceptors (Lipinski definition) is 4. The molecule has 1 saturated heterocycles. The lowest BCUT2D eigenvalue weighted by atomic mass is 10.0. The highest BCUT2D eigenvalue weighted by Crippen LogP contribution is 2.23. The Kier molecular flexibility index (Phi) is 4.84. The second-order valence-corrected chi connectivity index (χ2v) is 5.37. The van der Waals surface area contributed by atoms with Crippen molar-refractivity contribution in [2.75, 3.05) is 30.7 Å². The van der Waals surface area contributed by atoms with Gasteiger partial charge >= 0.3 is 5.97 Å². The molecule has 0 spiro atoms. The minimum Gasteiger partial charge on any atom is -0.478 e. The number of hydrogen-bond donors (Lipinski definition) is 3. The van der Waals surface area contributed by atoms with Gasteiger partial charge in [-0.2, -0.15) is 0 Å². The number of carboxylic acid groups (broad SMARTS) is 1. The van der Waals surface area contributed by atoms with Crippen LogP contribution in [-0.2, 0) is 0 Å². The number of rotatable bonds is 5. The normalized spacial score (nSPS) is 17.1. The summed E-state index contributed by atoms with van der Waals surface area (Å²) in [6, 6.07) is 5.18. The summed E-state index contributed by atoms with van der Waals surface area (Å²) in [4.78, 5) is 13.5. The molecule has 1 aromatic carbocycles. The van der Waals surface area contributed by atoms with Crippen LogP contribution >= 0.6 is 0 Å². The van der Waals surface area contributed by atoms with E-state index in [1.807, 2.05) is 0 Å². The number of nitrogens with zero attached hydrogens (tertiary/aromatic N) is 1. The molecule has 2 rings (SSSR count). The van der Waals surface area contributed by atoms with E-state index in [9.17, 15) is 4.79 Å². The largest absolute Gasteiger partial charge is 0.478 e. The van der Waals surface area contributed by atoms with Crippen LogP contribution in [0.4, 0.5) is 11.4 Å². The first-order valence-electron chi connectivity index (χ1n) is 7.22. The molecule has 20 heavy (non-hydrogen) atoms. The molecule has 1 aliphatic rings. The zero-order valence-electron chi connectivity index (χ0n) is 11.9. The van der Waals surface area contributed by atoms with Gasteiger partial charge < -0.3 is 21.1 Å². The molecule has 0 unspecified atom stereocenters. The van der Waals surface area contributed by atoms with Gasteiger partial charge in [0.1, 0.15) is 0 Å². The van der Waals surface area contributed by atoms with E-state index < -0.39 is 5.97 Å². The number of nitrogens with one attached hydrogen (secondary N) is 1. The van der Waals surface area contributed by atoms with Crippen molar-refractivity contribution in [3.63, 3.8) is 0 Å². The van der Waals surface area contributed by atoms with Crippen molar-refractivity contribution in [2.45, 2.75) is 32.2 Å². The Morgan fingerprint density at radius 1 is 1.45 bits per heavy atom. The Morgan fingerprint density at radius 3 is 2.75 bits per heavy atom. The highest BCUT2D eigenvalue weighted by Gasteiger charge is 2.19. The molecule has 0 atom stereocenters. The molecule has 5 heteroatoms. The standard InChI is InChI=1S/C15H23N3O2/c1-2-7-18-8-5-12(6-9-18)17-14-10-11(15(19)20)3-4-13(14)16/h3-4,10,12,17H,2,5-9,16H2,1H3,(H,19,20). The molecule has 1 aliphatic heterocycles. The summed E-state index contributed by atoms with van der Waals surface area (Å²) >= 11 is 0. The lowest BCUT2D eigenvalue weighted by Crippen LogP contribution is -2.39. The fraction of sp³-hybridized carbons (Fsp3) is 0.533. The van der Waals surface area contributed by atoms with Gasteiger partial charge in [-0.15, -0.1) is 0 Å². The summed E-state index contributed by atoms with van der Waals surface area (Å²) in [6.07, 6.45) is 3.32. The van der Waals surface area contributed by atoms with Crippen molar-refractivity contribution < 1.29 is 9.90 Å². The van der Waals surface area contributed by atoms with E-state index in [0.717, 1.165) is 38.2 Å². The summed E-state index contributed by atoms with van der Waals surface area (Å²) in [5, 5.41) is 12.4. The monoisotopic (exact) mass is 277 g/mol. The van der Waals surface area contributed by atoms with E-state index in [2.05, 4.69) is 17.1 Å². The number of carbonyl (C=O) groups is 1. The van der Waals surface area contributed by atoms with Crippen LogP contribution in [0.15, 0.2) is 18.2 Å². The summed E-state index contributed by atoms with van der Waals surface area (Å²) in [7, 11) is 0. The molecular weight excluding hydrogens is 254 g/mol. The molecule has 1 heterocycles. The van der Waals surface area contributed by atoms with Crippen LogP contribution in [0.3, 0.4) is 0 Å². The van der Waals surface area contributed by atoms with Crippen LogP contribution < -0.4 is 11.1 Å². The van der Waals surface area contributed by atoms with Crippen LogP contribution in [0.25, 0.3) is 0 Å². The molecule has 5 nitrogen and oxygen atoms in total. The predicted octanol–water partition coefficient (Wildman–Crippen LogP) is 2.25. The van der Waals surface area contributed by atoms with Gasteiger partial charge in [0.15, 0.2) is 0 Å². The molecule has 0 bridgehead atoms. The summed E-state index contributed by atoms with van der Waals surface area (Å²) in [6.45, 7) is 5.53. The first-order chi connectivity index (χ1) is 9.60. The fourth-order valence-electron chi connectivity index (χ4n) is 2.65. The average Bonchev–Trinajstić information content (AvgIpc) is 2.43. The van der Waals surface area contributed by atoms with Gasteiger partial charge in [-0.3, -0.25) is 0 Å². The lowest BCUT2D eigenvalue weighted by molar-refractivity contribution is 0.0697. The molecule has 1 fully saturated rings. The molecule has 0 amide bonds. The van der Waals surface area contributed by atoms with E-state index in [1.54, 1.807) is 12.1 Å². The number of aromatic carboxylic acids is 1. The van der Waals surface area contributed by atoms with Gasteiger partial charge in [0.2, 0.25) is 0 Å². The van der Waals surface area contributed by atoms with Gasteiger partial charge in [-0.05, 0) is 44.0 Å². The van der Waals surface area contributed by atoms with Crippen molar-refractivity contribution >= 4 is 17.3 Å². The number of carboxylic acids is 1. The predicted molar refractivity (Wildman–Crippen MR) is 81.2 cm³/mol. The van der Waals surface area contributed by atoms with E-state index in [-0.39, 0.29) is 5.56 Å². The fourth-order valence-corrected chi connectivity index (χ4v) is 2.65. The Balaban J connectivity index is 1.97. The smallest absolute Gasteiger partial charge is 0.335 e. The first-order valence-corrected chi connectivity index (χ1v) is 7.22. The van der Waals surface area contributed by atoms with E-state index >= 15 is 0 Å². The molecule has 0 radical (unpaired) electrons. The zero-order chi connectivity index (χ0) is 14.5. The highest BCUT2D eigenvalue weighted by molar-refractivity contribution is 5.90. The molecule has 0 aliphatic carbocycles. The second-order valence-electron chi connectivity index (χ2n) is 5.37. The van der Waals surface area contributed by atoms with Crippen LogP contribution in [0, 0.1) is 0 Å². The number of anilines is 2. The molecular formula is C15H23N3O2. The van der Waals surface area contributed by atoms with E-state index in [4.69, 9.17) is 10.8 Å². The van der Waals surface area contributed by atoms with Crippen molar-refractivity contribution in [3.8, 4) is 0 Å². The minimum absolute atomic E-state index is 0.269. The van der Waals surface area contributed by atoms with Crippen molar-refractivity contribution in [1.29, 1.82) is 0 Å². The topological polar surface area (TPSA) is 78.6 Å². The van der Waals surface area contributed by atoms with Crippen molar-refractivity contribution in [2.24, 2.45) is 0 Å². The van der Waals surface area contributed by atoms with Gasteiger partial charge in [0, 0.05) is 19.1 Å². The number of nitrogens with two attached hydrogens (primary N) is 1. The van der Waals surface area contributed by atoms with Crippen LogP contribution in [0.1, 0.15) is 36.5 Å². The second kappa shape index (κ2) is 6.61. The molecule has 0 aromatic heterocycles. The van der Waals surface area contributed by atoms with Crippen LogP contribution in [-0.4, -0.2) is 41.7 Å². The third kappa shape index (κ3) is 3.63. The lowest BCUT2D eigenvalue weighted by Gasteiger charge is -2.32. The van der Waals surface area contributed by atoms with Gasteiger partial charge in [0.25, 0.3) is 0 Å². The maximum Gasteiger partial charge on any atom is 0.335 e. The first kappa shape index (κ1) is 14.7. The van der Waals surface area contributed by atoms with Gasteiger partial charge in [-0.1, -0.05) is 6.92 Å². The Bertz CT molecular complexity index is 468. The highest BCUT2D eigenvalue weighted by atomic mass is 16.4. The summed E-state index contributed by atoms with van der Waals surface area (Å²) in [5.74, 6) is -0.925. The Morgan fingerprint density at radius 2 is 2.15 bits per heavy atom. The van der Waals surface area contributed by atoms with Crippen molar-refractivity contribution in [3.05, 3.63) is 23.8 Å². The van der Waals surface area contributed by atoms with Gasteiger partial charge in [0.05, 0.1) is 16.9 Å². The maximum absolute atomic E-state index is 11.0. The number of benzene rings is 1. The number of nitrogen functional groups attached to an aromatic ring is 1. The number of likely N-dealkylation sites (tertiary alicyclic amines) is 1. The molecule has 4 N–H and O–H groups in total.